The second-order valence-corrected chi connectivity index (χ2v) is 9.35. The number of thiocarbonyl (C=S) groups is 1. The summed E-state index contributed by atoms with van der Waals surface area (Å²) in [7, 11) is 0. The van der Waals surface area contributed by atoms with E-state index in [0.717, 1.165) is 17.1 Å². The van der Waals surface area contributed by atoms with E-state index in [1.165, 1.54) is 0 Å². The predicted molar refractivity (Wildman–Crippen MR) is 152 cm³/mol. The number of hydrogen-bond acceptors (Lipinski definition) is 5. The third kappa shape index (κ3) is 4.85. The van der Waals surface area contributed by atoms with Gasteiger partial charge in [-0.3, -0.25) is 4.98 Å². The maximum absolute atomic E-state index is 11.8. The van der Waals surface area contributed by atoms with E-state index in [1.807, 2.05) is 83.8 Å². The summed E-state index contributed by atoms with van der Waals surface area (Å²) >= 11 is 5.81. The molecule has 2 N–H and O–H groups in total. The highest BCUT2D eigenvalue weighted by Crippen LogP contribution is 2.43. The third-order valence-electron chi connectivity index (χ3n) is 6.53. The molecule has 0 spiro atoms. The lowest BCUT2D eigenvalue weighted by atomic mass is 10.0. The van der Waals surface area contributed by atoms with Gasteiger partial charge in [0, 0.05) is 17.4 Å². The highest BCUT2D eigenvalue weighted by atomic mass is 32.1. The Morgan fingerprint density at radius 1 is 0.872 bits per heavy atom. The minimum Gasteiger partial charge on any atom is -0.478 e. The number of ether oxygens (including phenoxy) is 1. The molecule has 0 saturated carbocycles. The Labute approximate surface area is 230 Å². The summed E-state index contributed by atoms with van der Waals surface area (Å²) < 4.78 is 12.3. The van der Waals surface area contributed by atoms with Crippen LogP contribution in [-0.4, -0.2) is 21.2 Å². The lowest BCUT2D eigenvalue weighted by Crippen LogP contribution is -2.29. The van der Waals surface area contributed by atoms with Crippen molar-refractivity contribution < 1.29 is 19.1 Å². The van der Waals surface area contributed by atoms with Crippen LogP contribution in [0.15, 0.2) is 120 Å². The fourth-order valence-electron chi connectivity index (χ4n) is 4.76. The second-order valence-electron chi connectivity index (χ2n) is 8.96. The zero-order valence-corrected chi connectivity index (χ0v) is 21.4. The number of nitrogens with one attached hydrogen (secondary N) is 1. The molecule has 3 heterocycles. The molecule has 0 bridgehead atoms. The molecule has 0 unspecified atom stereocenters. The Bertz CT molecular complexity index is 1620. The van der Waals surface area contributed by atoms with Crippen molar-refractivity contribution in [3.05, 3.63) is 132 Å². The van der Waals surface area contributed by atoms with Crippen molar-refractivity contribution in [1.82, 2.24) is 10.3 Å². The standard InChI is InChI=1S/C31H23N3O4S/c35-30(36)24-11-5-4-10-23(24)26-17-18-27(38-26)29-28(25-12-6-7-19-32-25)33-31(39)34(29)20-13-15-22(16-14-20)37-21-8-2-1-3-9-21/h1-19,28-29H,(H,33,39)(H,35,36)/t28-,29+/m0/s1. The Kier molecular flexibility index (Phi) is 6.52. The number of anilines is 1. The maximum Gasteiger partial charge on any atom is 0.336 e. The average molecular weight is 534 g/mol. The monoisotopic (exact) mass is 533 g/mol. The molecule has 1 aliphatic rings. The first-order chi connectivity index (χ1) is 19.1. The molecule has 1 saturated heterocycles. The summed E-state index contributed by atoms with van der Waals surface area (Å²) in [6.45, 7) is 0. The molecule has 8 heteroatoms. The van der Waals surface area contributed by atoms with Crippen molar-refractivity contribution in [3.63, 3.8) is 0 Å². The first-order valence-corrected chi connectivity index (χ1v) is 12.8. The summed E-state index contributed by atoms with van der Waals surface area (Å²) in [4.78, 5) is 18.4. The van der Waals surface area contributed by atoms with Gasteiger partial charge < -0.3 is 24.5 Å². The molecule has 1 fully saturated rings. The number of aromatic nitrogens is 1. The normalized spacial score (nSPS) is 16.6. The summed E-state index contributed by atoms with van der Waals surface area (Å²) in [5.74, 6) is 1.52. The van der Waals surface area contributed by atoms with Crippen LogP contribution in [0.5, 0.6) is 11.5 Å². The number of furan rings is 1. The van der Waals surface area contributed by atoms with Crippen LogP contribution in [0.1, 0.15) is 33.9 Å². The van der Waals surface area contributed by atoms with Crippen LogP contribution in [0.25, 0.3) is 11.3 Å². The van der Waals surface area contributed by atoms with Gasteiger partial charge in [0.15, 0.2) is 5.11 Å². The molecule has 2 aromatic heterocycles. The van der Waals surface area contributed by atoms with Crippen molar-refractivity contribution in [2.75, 3.05) is 4.90 Å². The van der Waals surface area contributed by atoms with Gasteiger partial charge in [-0.05, 0) is 78.9 Å². The Hall–Kier alpha value is -4.95. The lowest BCUT2D eigenvalue weighted by molar-refractivity contribution is 0.0697. The average Bonchev–Trinajstić information content (AvgIpc) is 3.59. The van der Waals surface area contributed by atoms with Crippen molar-refractivity contribution in [3.8, 4) is 22.8 Å². The smallest absolute Gasteiger partial charge is 0.336 e. The number of aromatic carboxylic acids is 1. The van der Waals surface area contributed by atoms with E-state index < -0.39 is 5.97 Å². The van der Waals surface area contributed by atoms with Crippen LogP contribution < -0.4 is 15.0 Å². The maximum atomic E-state index is 11.8. The topological polar surface area (TPSA) is 87.8 Å². The number of hydrogen-bond donors (Lipinski definition) is 2. The van der Waals surface area contributed by atoms with Gasteiger partial charge >= 0.3 is 5.97 Å². The summed E-state index contributed by atoms with van der Waals surface area (Å²) in [6, 6.07) is 32.8. The number of rotatable bonds is 7. The zero-order valence-electron chi connectivity index (χ0n) is 20.6. The number of para-hydroxylation sites is 1. The van der Waals surface area contributed by atoms with E-state index >= 15 is 0 Å². The molecular formula is C31H23N3O4S. The van der Waals surface area contributed by atoms with E-state index in [2.05, 4.69) is 10.3 Å². The van der Waals surface area contributed by atoms with Gasteiger partial charge in [-0.15, -0.1) is 0 Å². The van der Waals surface area contributed by atoms with Crippen LogP contribution in [0.2, 0.25) is 0 Å². The summed E-state index contributed by atoms with van der Waals surface area (Å²) in [6.07, 6.45) is 1.74. The fourth-order valence-corrected chi connectivity index (χ4v) is 5.11. The van der Waals surface area contributed by atoms with Gasteiger partial charge in [0.2, 0.25) is 0 Å². The highest BCUT2D eigenvalue weighted by Gasteiger charge is 2.42. The molecule has 0 amide bonds. The first-order valence-electron chi connectivity index (χ1n) is 12.3. The zero-order chi connectivity index (χ0) is 26.8. The molecule has 7 nitrogen and oxygen atoms in total. The van der Waals surface area contributed by atoms with E-state index in [1.54, 1.807) is 36.5 Å². The third-order valence-corrected chi connectivity index (χ3v) is 6.85. The molecule has 0 aliphatic carbocycles. The predicted octanol–water partition coefficient (Wildman–Crippen LogP) is 7.01. The van der Waals surface area contributed by atoms with Crippen molar-refractivity contribution in [1.29, 1.82) is 0 Å². The SMILES string of the molecule is O=C(O)c1ccccc1-c1ccc([C@@H]2[C@H](c3ccccn3)NC(=S)N2c2ccc(Oc3ccccc3)cc2)o1. The molecule has 5 aromatic rings. The second kappa shape index (κ2) is 10.4. The van der Waals surface area contributed by atoms with Crippen LogP contribution in [0.4, 0.5) is 5.69 Å². The van der Waals surface area contributed by atoms with Gasteiger partial charge in [-0.1, -0.05) is 42.5 Å². The van der Waals surface area contributed by atoms with Crippen LogP contribution in [0, 0.1) is 0 Å². The van der Waals surface area contributed by atoms with E-state index in [4.69, 9.17) is 21.4 Å². The Balaban J connectivity index is 1.38. The number of benzene rings is 3. The fraction of sp³-hybridized carbons (Fsp3) is 0.0645. The quantitative estimate of drug-likeness (QED) is 0.216. The molecule has 1 aliphatic heterocycles. The largest absolute Gasteiger partial charge is 0.478 e. The van der Waals surface area contributed by atoms with Crippen LogP contribution in [0.3, 0.4) is 0 Å². The van der Waals surface area contributed by atoms with Gasteiger partial charge in [0.25, 0.3) is 0 Å². The van der Waals surface area contributed by atoms with Crippen molar-refractivity contribution in [2.45, 2.75) is 12.1 Å². The number of pyridine rings is 1. The van der Waals surface area contributed by atoms with Gasteiger partial charge in [-0.2, -0.15) is 0 Å². The number of carbonyl (C=O) groups is 1. The van der Waals surface area contributed by atoms with Gasteiger partial charge in [-0.25, -0.2) is 4.79 Å². The van der Waals surface area contributed by atoms with Gasteiger partial charge in [0.1, 0.15) is 29.1 Å². The van der Waals surface area contributed by atoms with E-state index in [0.29, 0.717) is 27.9 Å². The van der Waals surface area contributed by atoms with Crippen molar-refractivity contribution in [2.24, 2.45) is 0 Å². The molecule has 192 valence electrons. The minimum absolute atomic E-state index is 0.172. The van der Waals surface area contributed by atoms with Gasteiger partial charge in [0.05, 0.1) is 17.3 Å². The minimum atomic E-state index is -1.02. The number of carboxylic acids is 1. The summed E-state index contributed by atoms with van der Waals surface area (Å²) in [5.41, 5.74) is 2.33. The lowest BCUT2D eigenvalue weighted by Gasteiger charge is -2.26. The van der Waals surface area contributed by atoms with Crippen LogP contribution >= 0.6 is 12.2 Å². The Morgan fingerprint density at radius 2 is 1.59 bits per heavy atom. The van der Waals surface area contributed by atoms with Crippen LogP contribution in [-0.2, 0) is 0 Å². The highest BCUT2D eigenvalue weighted by molar-refractivity contribution is 7.80. The van der Waals surface area contributed by atoms with Crippen molar-refractivity contribution >= 4 is 29.0 Å². The van der Waals surface area contributed by atoms with E-state index in [9.17, 15) is 9.90 Å². The first kappa shape index (κ1) is 24.4. The molecule has 0 radical (unpaired) electrons. The molecule has 39 heavy (non-hydrogen) atoms. The summed E-state index contributed by atoms with van der Waals surface area (Å²) in [5, 5.41) is 13.6. The molecule has 6 rings (SSSR count). The Morgan fingerprint density at radius 3 is 2.33 bits per heavy atom. The molecular weight excluding hydrogens is 510 g/mol. The number of carboxylic acid groups (broad SMARTS) is 1. The number of nitrogens with zero attached hydrogens (tertiary/aromatic N) is 2. The van der Waals surface area contributed by atoms with E-state index in [-0.39, 0.29) is 17.6 Å². The molecule has 3 aromatic carbocycles. The molecule has 2 atom stereocenters.